The van der Waals surface area contributed by atoms with Crippen molar-refractivity contribution in [3.05, 3.63) is 242 Å². The summed E-state index contributed by atoms with van der Waals surface area (Å²) in [4.78, 5) is 15.2. The Bertz CT molecular complexity index is 2890. The number of benzene rings is 9. The highest BCUT2D eigenvalue weighted by molar-refractivity contribution is 5.88. The van der Waals surface area contributed by atoms with E-state index in [0.717, 1.165) is 80.5 Å². The second-order valence-electron chi connectivity index (χ2n) is 16.0. The van der Waals surface area contributed by atoms with Crippen LogP contribution in [-0.4, -0.2) is 9.97 Å². The van der Waals surface area contributed by atoms with Gasteiger partial charge in [-0.05, 0) is 131 Å². The monoisotopic (exact) mass is 824 g/mol. The molecule has 0 fully saturated rings. The summed E-state index contributed by atoms with van der Waals surface area (Å²) in [5.41, 5.74) is 19.3. The standard InChI is InChI=1S/C60H48N4/c1-3-43-19-31-51(32-20-43)63(53-35-23-47(24-36-53)45-13-7-5-8-14-45)55-39-27-49(28-40-55)59-60(62-58-18-12-11-17-57(58)61-59)50-29-41-56(42-30-50)64(52-33-21-44(4-2)22-34-52)54-37-25-48(26-38-54)46-15-9-6-10-16-46/h5-42H,3-4H2,1-2H3. The molecule has 0 saturated carbocycles. The van der Waals surface area contributed by atoms with Crippen molar-refractivity contribution in [2.24, 2.45) is 0 Å². The quantitative estimate of drug-likeness (QED) is 0.123. The molecule has 10 aromatic rings. The lowest BCUT2D eigenvalue weighted by molar-refractivity contribution is 1.14. The van der Waals surface area contributed by atoms with Crippen molar-refractivity contribution < 1.29 is 0 Å². The molecule has 0 aliphatic carbocycles. The van der Waals surface area contributed by atoms with E-state index in [1.165, 1.54) is 33.4 Å². The summed E-state index contributed by atoms with van der Waals surface area (Å²) in [6.45, 7) is 4.39. The zero-order chi connectivity index (χ0) is 43.2. The van der Waals surface area contributed by atoms with E-state index < -0.39 is 0 Å². The van der Waals surface area contributed by atoms with E-state index in [2.05, 4.69) is 230 Å². The maximum atomic E-state index is 5.29. The maximum absolute atomic E-state index is 5.29. The lowest BCUT2D eigenvalue weighted by Gasteiger charge is -2.26. The van der Waals surface area contributed by atoms with Gasteiger partial charge in [0.25, 0.3) is 0 Å². The van der Waals surface area contributed by atoms with E-state index >= 15 is 0 Å². The first-order valence-electron chi connectivity index (χ1n) is 22.2. The number of para-hydroxylation sites is 2. The molecule has 64 heavy (non-hydrogen) atoms. The first-order valence-corrected chi connectivity index (χ1v) is 22.2. The molecule has 4 nitrogen and oxygen atoms in total. The van der Waals surface area contributed by atoms with Crippen molar-refractivity contribution in [2.75, 3.05) is 9.80 Å². The minimum atomic E-state index is 0.840. The number of hydrogen-bond acceptors (Lipinski definition) is 4. The topological polar surface area (TPSA) is 32.3 Å². The van der Waals surface area contributed by atoms with Crippen LogP contribution >= 0.6 is 0 Å². The van der Waals surface area contributed by atoms with Crippen LogP contribution < -0.4 is 9.80 Å². The smallest absolute Gasteiger partial charge is 0.0973 e. The van der Waals surface area contributed by atoms with E-state index in [9.17, 15) is 0 Å². The summed E-state index contributed by atoms with van der Waals surface area (Å²) in [6.07, 6.45) is 1.99. The molecule has 0 bridgehead atoms. The Balaban J connectivity index is 1.02. The third-order valence-corrected chi connectivity index (χ3v) is 12.0. The second kappa shape index (κ2) is 18.1. The molecule has 0 spiro atoms. The largest absolute Gasteiger partial charge is 0.311 e. The van der Waals surface area contributed by atoms with E-state index in [-0.39, 0.29) is 0 Å². The summed E-state index contributed by atoms with van der Waals surface area (Å²) < 4.78 is 0. The highest BCUT2D eigenvalue weighted by Gasteiger charge is 2.19. The van der Waals surface area contributed by atoms with Crippen LogP contribution in [0.3, 0.4) is 0 Å². The molecule has 0 atom stereocenters. The Morgan fingerprint density at radius 2 is 0.516 bits per heavy atom. The predicted octanol–water partition coefficient (Wildman–Crippen LogP) is 16.4. The number of anilines is 6. The minimum absolute atomic E-state index is 0.840. The molecule has 4 heteroatoms. The van der Waals surface area contributed by atoms with Gasteiger partial charge in [-0.15, -0.1) is 0 Å². The van der Waals surface area contributed by atoms with Crippen LogP contribution in [0.15, 0.2) is 231 Å². The SMILES string of the molecule is CCc1ccc(N(c2ccc(-c3ccccc3)cc2)c2ccc(-c3nc4ccccc4nc3-c3ccc(N(c4ccc(CC)cc4)c4ccc(-c5ccccc5)cc4)cc3)cc2)cc1. The molecule has 1 aromatic heterocycles. The van der Waals surface area contributed by atoms with Gasteiger partial charge >= 0.3 is 0 Å². The highest BCUT2D eigenvalue weighted by Crippen LogP contribution is 2.40. The third-order valence-electron chi connectivity index (χ3n) is 12.0. The van der Waals surface area contributed by atoms with Gasteiger partial charge in [-0.1, -0.05) is 159 Å². The van der Waals surface area contributed by atoms with Crippen molar-refractivity contribution in [3.8, 4) is 44.8 Å². The van der Waals surface area contributed by atoms with Crippen LogP contribution in [0.25, 0.3) is 55.8 Å². The molecule has 0 aliphatic heterocycles. The Labute approximate surface area is 376 Å². The first kappa shape index (κ1) is 40.0. The molecule has 10 rings (SSSR count). The maximum Gasteiger partial charge on any atom is 0.0973 e. The van der Waals surface area contributed by atoms with Crippen LogP contribution in [0.1, 0.15) is 25.0 Å². The first-order chi connectivity index (χ1) is 31.6. The lowest BCUT2D eigenvalue weighted by Crippen LogP contribution is -2.10. The van der Waals surface area contributed by atoms with Crippen LogP contribution in [0.5, 0.6) is 0 Å². The molecule has 0 radical (unpaired) electrons. The summed E-state index contributed by atoms with van der Waals surface area (Å²) in [7, 11) is 0. The molecule has 0 aliphatic rings. The number of fused-ring (bicyclic) bond motifs is 1. The molecule has 9 aromatic carbocycles. The average molecular weight is 825 g/mol. The fourth-order valence-electron chi connectivity index (χ4n) is 8.46. The number of aryl methyl sites for hydroxylation is 2. The fraction of sp³-hybridized carbons (Fsp3) is 0.0667. The molecule has 1 heterocycles. The molecule has 0 N–H and O–H groups in total. The molecule has 0 saturated heterocycles. The Hall–Kier alpha value is -8.08. The summed E-state index contributed by atoms with van der Waals surface area (Å²) >= 11 is 0. The van der Waals surface area contributed by atoms with Crippen molar-refractivity contribution in [3.63, 3.8) is 0 Å². The van der Waals surface area contributed by atoms with Gasteiger partial charge in [0.2, 0.25) is 0 Å². The zero-order valence-electron chi connectivity index (χ0n) is 36.1. The highest BCUT2D eigenvalue weighted by atomic mass is 15.1. The molecule has 0 unspecified atom stereocenters. The van der Waals surface area contributed by atoms with Gasteiger partial charge in [-0.3, -0.25) is 0 Å². The number of rotatable bonds is 12. The van der Waals surface area contributed by atoms with Crippen LogP contribution in [0.2, 0.25) is 0 Å². The van der Waals surface area contributed by atoms with Crippen molar-refractivity contribution in [1.82, 2.24) is 9.97 Å². The molecule has 0 amide bonds. The molecular weight excluding hydrogens is 777 g/mol. The van der Waals surface area contributed by atoms with E-state index in [0.29, 0.717) is 0 Å². The number of aromatic nitrogens is 2. The fourth-order valence-corrected chi connectivity index (χ4v) is 8.46. The van der Waals surface area contributed by atoms with Gasteiger partial charge in [0.15, 0.2) is 0 Å². The normalized spacial score (nSPS) is 11.1. The van der Waals surface area contributed by atoms with Crippen molar-refractivity contribution in [2.45, 2.75) is 26.7 Å². The summed E-state index contributed by atoms with van der Waals surface area (Å²) in [6, 6.07) is 82.1. The van der Waals surface area contributed by atoms with Gasteiger partial charge in [0, 0.05) is 45.3 Å². The van der Waals surface area contributed by atoms with Crippen LogP contribution in [-0.2, 0) is 12.8 Å². The zero-order valence-corrected chi connectivity index (χ0v) is 36.1. The van der Waals surface area contributed by atoms with Gasteiger partial charge in [-0.25, -0.2) is 9.97 Å². The summed E-state index contributed by atoms with van der Waals surface area (Å²) in [5, 5.41) is 0. The van der Waals surface area contributed by atoms with Gasteiger partial charge in [-0.2, -0.15) is 0 Å². The third kappa shape index (κ3) is 8.30. The number of hydrogen-bond donors (Lipinski definition) is 0. The van der Waals surface area contributed by atoms with Gasteiger partial charge in [0.05, 0.1) is 22.4 Å². The Morgan fingerprint density at radius 3 is 0.812 bits per heavy atom. The lowest BCUT2D eigenvalue weighted by atomic mass is 10.0. The van der Waals surface area contributed by atoms with Crippen molar-refractivity contribution >= 4 is 45.2 Å². The van der Waals surface area contributed by atoms with Crippen molar-refractivity contribution in [1.29, 1.82) is 0 Å². The Kier molecular flexibility index (Phi) is 11.3. The second-order valence-corrected chi connectivity index (χ2v) is 16.0. The van der Waals surface area contributed by atoms with E-state index in [1.807, 2.05) is 24.3 Å². The van der Waals surface area contributed by atoms with Crippen LogP contribution in [0, 0.1) is 0 Å². The Morgan fingerprint density at radius 1 is 0.266 bits per heavy atom. The minimum Gasteiger partial charge on any atom is -0.311 e. The van der Waals surface area contributed by atoms with Gasteiger partial charge < -0.3 is 9.80 Å². The number of nitrogens with zero attached hydrogens (tertiary/aromatic N) is 4. The molecular formula is C60H48N4. The summed E-state index contributed by atoms with van der Waals surface area (Å²) in [5.74, 6) is 0. The van der Waals surface area contributed by atoms with Gasteiger partial charge in [0.1, 0.15) is 0 Å². The molecule has 308 valence electrons. The predicted molar refractivity (Wildman–Crippen MR) is 269 cm³/mol. The van der Waals surface area contributed by atoms with E-state index in [4.69, 9.17) is 9.97 Å². The average Bonchev–Trinajstić information content (AvgIpc) is 3.38. The van der Waals surface area contributed by atoms with E-state index in [1.54, 1.807) is 0 Å². The van der Waals surface area contributed by atoms with Crippen LogP contribution in [0.4, 0.5) is 34.1 Å².